The predicted octanol–water partition coefficient (Wildman–Crippen LogP) is 2.33. The number of aromatic hydroxyl groups is 1. The van der Waals surface area contributed by atoms with Crippen molar-refractivity contribution in [3.8, 4) is 5.75 Å². The standard InChI is InChI=1S/C13H16N2OS/c14-7-1-2-12-9-15-13(17-12)8-10-3-5-11(16)6-4-10/h3-6,9,16H,1-2,7-8,14H2. The van der Waals surface area contributed by atoms with Gasteiger partial charge in [-0.25, -0.2) is 4.98 Å². The van der Waals surface area contributed by atoms with E-state index in [1.807, 2.05) is 18.3 Å². The van der Waals surface area contributed by atoms with Crippen LogP contribution in [0.25, 0.3) is 0 Å². The van der Waals surface area contributed by atoms with Crippen LogP contribution in [-0.4, -0.2) is 16.6 Å². The van der Waals surface area contributed by atoms with Crippen LogP contribution in [0.5, 0.6) is 5.75 Å². The summed E-state index contributed by atoms with van der Waals surface area (Å²) in [5.41, 5.74) is 6.65. The van der Waals surface area contributed by atoms with Gasteiger partial charge in [-0.15, -0.1) is 11.3 Å². The van der Waals surface area contributed by atoms with Crippen LogP contribution >= 0.6 is 11.3 Å². The second-order valence-electron chi connectivity index (χ2n) is 3.96. The lowest BCUT2D eigenvalue weighted by Crippen LogP contribution is -1.99. The van der Waals surface area contributed by atoms with Crippen LogP contribution in [0.3, 0.4) is 0 Å². The first kappa shape index (κ1) is 12.1. The number of benzene rings is 1. The van der Waals surface area contributed by atoms with Gasteiger partial charge in [0.1, 0.15) is 5.75 Å². The first-order chi connectivity index (χ1) is 8.28. The smallest absolute Gasteiger partial charge is 0.115 e. The van der Waals surface area contributed by atoms with Gasteiger partial charge in [-0.1, -0.05) is 12.1 Å². The van der Waals surface area contributed by atoms with Gasteiger partial charge in [0.25, 0.3) is 0 Å². The highest BCUT2D eigenvalue weighted by Crippen LogP contribution is 2.19. The minimum Gasteiger partial charge on any atom is -0.508 e. The number of aryl methyl sites for hydroxylation is 1. The van der Waals surface area contributed by atoms with E-state index in [-0.39, 0.29) is 0 Å². The minimum absolute atomic E-state index is 0.302. The molecule has 0 atom stereocenters. The molecule has 0 aliphatic heterocycles. The molecule has 1 heterocycles. The molecule has 2 rings (SSSR count). The van der Waals surface area contributed by atoms with Crippen molar-refractivity contribution in [3.63, 3.8) is 0 Å². The van der Waals surface area contributed by atoms with E-state index in [1.54, 1.807) is 23.5 Å². The van der Waals surface area contributed by atoms with E-state index in [9.17, 15) is 5.11 Å². The summed E-state index contributed by atoms with van der Waals surface area (Å²) in [6, 6.07) is 7.27. The zero-order chi connectivity index (χ0) is 12.1. The third-order valence-corrected chi connectivity index (χ3v) is 3.58. The average molecular weight is 248 g/mol. The topological polar surface area (TPSA) is 59.1 Å². The maximum atomic E-state index is 9.20. The van der Waals surface area contributed by atoms with E-state index in [4.69, 9.17) is 5.73 Å². The number of phenolic OH excluding ortho intramolecular Hbond substituents is 1. The zero-order valence-electron chi connectivity index (χ0n) is 9.60. The van der Waals surface area contributed by atoms with Crippen molar-refractivity contribution >= 4 is 11.3 Å². The Hall–Kier alpha value is -1.39. The molecule has 0 aliphatic rings. The number of rotatable bonds is 5. The maximum absolute atomic E-state index is 9.20. The molecule has 0 unspecified atom stereocenters. The van der Waals surface area contributed by atoms with Crippen molar-refractivity contribution in [1.82, 2.24) is 4.98 Å². The van der Waals surface area contributed by atoms with Gasteiger partial charge in [0.15, 0.2) is 0 Å². The van der Waals surface area contributed by atoms with Crippen molar-refractivity contribution in [2.45, 2.75) is 19.3 Å². The SMILES string of the molecule is NCCCc1cnc(Cc2ccc(O)cc2)s1. The second-order valence-corrected chi connectivity index (χ2v) is 5.16. The summed E-state index contributed by atoms with van der Waals surface area (Å²) in [7, 11) is 0. The van der Waals surface area contributed by atoms with Crippen LogP contribution in [0.4, 0.5) is 0 Å². The van der Waals surface area contributed by atoms with E-state index >= 15 is 0 Å². The molecule has 1 aromatic carbocycles. The molecular weight excluding hydrogens is 232 g/mol. The fraction of sp³-hybridized carbons (Fsp3) is 0.308. The molecule has 0 saturated carbocycles. The van der Waals surface area contributed by atoms with Crippen LogP contribution < -0.4 is 5.73 Å². The number of hydrogen-bond acceptors (Lipinski definition) is 4. The van der Waals surface area contributed by atoms with Gasteiger partial charge in [-0.05, 0) is 37.1 Å². The van der Waals surface area contributed by atoms with E-state index < -0.39 is 0 Å². The van der Waals surface area contributed by atoms with Crippen LogP contribution in [-0.2, 0) is 12.8 Å². The summed E-state index contributed by atoms with van der Waals surface area (Å²) in [6.07, 6.45) is 4.80. The second kappa shape index (κ2) is 5.80. The van der Waals surface area contributed by atoms with Crippen LogP contribution in [0.2, 0.25) is 0 Å². The van der Waals surface area contributed by atoms with Crippen molar-refractivity contribution in [2.24, 2.45) is 5.73 Å². The van der Waals surface area contributed by atoms with E-state index in [0.717, 1.165) is 30.8 Å². The number of hydrogen-bond donors (Lipinski definition) is 2. The van der Waals surface area contributed by atoms with Crippen molar-refractivity contribution in [2.75, 3.05) is 6.54 Å². The first-order valence-electron chi connectivity index (χ1n) is 5.69. The molecule has 0 fully saturated rings. The third-order valence-electron chi connectivity index (χ3n) is 2.52. The lowest BCUT2D eigenvalue weighted by atomic mass is 10.1. The molecule has 3 N–H and O–H groups in total. The Kier molecular flexibility index (Phi) is 4.12. The number of aromatic nitrogens is 1. The van der Waals surface area contributed by atoms with Crippen LogP contribution in [0.15, 0.2) is 30.5 Å². The number of nitrogens with zero attached hydrogens (tertiary/aromatic N) is 1. The van der Waals surface area contributed by atoms with Gasteiger partial charge in [0.05, 0.1) is 5.01 Å². The highest BCUT2D eigenvalue weighted by atomic mass is 32.1. The summed E-state index contributed by atoms with van der Waals surface area (Å²) >= 11 is 1.74. The Bertz CT molecular complexity index is 465. The highest BCUT2D eigenvalue weighted by Gasteiger charge is 2.03. The van der Waals surface area contributed by atoms with Gasteiger partial charge in [0.2, 0.25) is 0 Å². The predicted molar refractivity (Wildman–Crippen MR) is 70.4 cm³/mol. The maximum Gasteiger partial charge on any atom is 0.115 e. The number of nitrogens with two attached hydrogens (primary N) is 1. The zero-order valence-corrected chi connectivity index (χ0v) is 10.4. The Morgan fingerprint density at radius 1 is 1.24 bits per heavy atom. The number of phenols is 1. The Morgan fingerprint density at radius 2 is 2.00 bits per heavy atom. The van der Waals surface area contributed by atoms with E-state index in [0.29, 0.717) is 5.75 Å². The normalized spacial score (nSPS) is 10.6. The molecular formula is C13H16N2OS. The monoisotopic (exact) mass is 248 g/mol. The summed E-state index contributed by atoms with van der Waals surface area (Å²) < 4.78 is 0. The summed E-state index contributed by atoms with van der Waals surface area (Å²) in [4.78, 5) is 5.70. The van der Waals surface area contributed by atoms with Gasteiger partial charge in [-0.3, -0.25) is 0 Å². The quantitative estimate of drug-likeness (QED) is 0.853. The molecule has 0 aliphatic carbocycles. The minimum atomic E-state index is 0.302. The largest absolute Gasteiger partial charge is 0.508 e. The average Bonchev–Trinajstić information content (AvgIpc) is 2.77. The van der Waals surface area contributed by atoms with Crippen LogP contribution in [0, 0.1) is 0 Å². The van der Waals surface area contributed by atoms with Crippen molar-refractivity contribution in [1.29, 1.82) is 0 Å². The molecule has 90 valence electrons. The molecule has 0 bridgehead atoms. The molecule has 17 heavy (non-hydrogen) atoms. The molecule has 0 saturated heterocycles. The van der Waals surface area contributed by atoms with Gasteiger partial charge < -0.3 is 10.8 Å². The molecule has 0 radical (unpaired) electrons. The highest BCUT2D eigenvalue weighted by molar-refractivity contribution is 7.11. The van der Waals surface area contributed by atoms with Crippen LogP contribution in [0.1, 0.15) is 21.9 Å². The molecule has 0 amide bonds. The fourth-order valence-corrected chi connectivity index (χ4v) is 2.61. The lowest BCUT2D eigenvalue weighted by Gasteiger charge is -1.98. The Balaban J connectivity index is 1.98. The molecule has 4 heteroatoms. The first-order valence-corrected chi connectivity index (χ1v) is 6.51. The Morgan fingerprint density at radius 3 is 2.71 bits per heavy atom. The molecule has 1 aromatic heterocycles. The summed E-state index contributed by atoms with van der Waals surface area (Å²) in [6.45, 7) is 0.727. The number of thiazole rings is 1. The summed E-state index contributed by atoms with van der Waals surface area (Å²) in [5, 5.41) is 10.3. The summed E-state index contributed by atoms with van der Waals surface area (Å²) in [5.74, 6) is 0.302. The van der Waals surface area contributed by atoms with Gasteiger partial charge in [-0.2, -0.15) is 0 Å². The lowest BCUT2D eigenvalue weighted by molar-refractivity contribution is 0.475. The van der Waals surface area contributed by atoms with Crippen molar-refractivity contribution < 1.29 is 5.11 Å². The van der Waals surface area contributed by atoms with E-state index in [2.05, 4.69) is 4.98 Å². The Labute approximate surface area is 105 Å². The van der Waals surface area contributed by atoms with Gasteiger partial charge in [0, 0.05) is 17.5 Å². The third kappa shape index (κ3) is 3.54. The fourth-order valence-electron chi connectivity index (χ4n) is 1.61. The molecule has 3 nitrogen and oxygen atoms in total. The van der Waals surface area contributed by atoms with E-state index in [1.165, 1.54) is 10.4 Å². The van der Waals surface area contributed by atoms with Crippen molar-refractivity contribution in [3.05, 3.63) is 45.9 Å². The molecule has 2 aromatic rings. The van der Waals surface area contributed by atoms with Gasteiger partial charge >= 0.3 is 0 Å². The molecule has 0 spiro atoms.